The van der Waals surface area contributed by atoms with E-state index in [1.54, 1.807) is 0 Å². The summed E-state index contributed by atoms with van der Waals surface area (Å²) in [5.74, 6) is -6.66. The van der Waals surface area contributed by atoms with Gasteiger partial charge in [0.2, 0.25) is 11.8 Å². The van der Waals surface area contributed by atoms with Crippen molar-refractivity contribution in [3.8, 4) is 0 Å². The first kappa shape index (κ1) is 19.0. The zero-order chi connectivity index (χ0) is 19.9. The number of halogens is 3. The molecule has 0 radical (unpaired) electrons. The summed E-state index contributed by atoms with van der Waals surface area (Å²) in [7, 11) is 0. The van der Waals surface area contributed by atoms with Gasteiger partial charge in [-0.3, -0.25) is 14.4 Å². The fourth-order valence-electron chi connectivity index (χ4n) is 3.93. The minimum atomic E-state index is -1.64. The Morgan fingerprint density at radius 1 is 1.26 bits per heavy atom. The summed E-state index contributed by atoms with van der Waals surface area (Å²) >= 11 is 0. The number of carbonyl (C=O) groups excluding carboxylic acids is 3. The van der Waals surface area contributed by atoms with Crippen molar-refractivity contribution in [1.29, 1.82) is 0 Å². The van der Waals surface area contributed by atoms with E-state index in [0.717, 1.165) is 4.90 Å². The third-order valence-corrected chi connectivity index (χ3v) is 5.24. The first-order valence-electron chi connectivity index (χ1n) is 8.51. The van der Waals surface area contributed by atoms with Crippen molar-refractivity contribution in [2.24, 2.45) is 5.73 Å². The molecular weight excluding hydrogens is 365 g/mol. The quantitative estimate of drug-likeness (QED) is 0.528. The number of anilines is 1. The second kappa shape index (κ2) is 6.75. The van der Waals surface area contributed by atoms with Crippen LogP contribution in [0.3, 0.4) is 0 Å². The Balaban J connectivity index is 1.93. The highest BCUT2D eigenvalue weighted by molar-refractivity contribution is 6.01. The van der Waals surface area contributed by atoms with Gasteiger partial charge < -0.3 is 21.7 Å². The molecule has 146 valence electrons. The molecule has 2 saturated heterocycles. The van der Waals surface area contributed by atoms with Crippen molar-refractivity contribution < 1.29 is 27.6 Å². The molecule has 1 spiro atoms. The summed E-state index contributed by atoms with van der Waals surface area (Å²) in [5, 5.41) is 2.65. The summed E-state index contributed by atoms with van der Waals surface area (Å²) < 4.78 is 42.0. The topological polar surface area (TPSA) is 119 Å². The van der Waals surface area contributed by atoms with E-state index in [4.69, 9.17) is 11.5 Å². The predicted molar refractivity (Wildman–Crippen MR) is 88.7 cm³/mol. The van der Waals surface area contributed by atoms with Gasteiger partial charge in [0.25, 0.3) is 5.91 Å². The lowest BCUT2D eigenvalue weighted by atomic mass is 9.82. The second-order valence-electron chi connectivity index (χ2n) is 6.92. The summed E-state index contributed by atoms with van der Waals surface area (Å²) in [6.45, 7) is 0.0854. The molecule has 10 heteroatoms. The van der Waals surface area contributed by atoms with Crippen LogP contribution in [0, 0.1) is 17.5 Å². The van der Waals surface area contributed by atoms with Gasteiger partial charge in [-0.1, -0.05) is 0 Å². The van der Waals surface area contributed by atoms with Gasteiger partial charge in [-0.05, 0) is 25.7 Å². The Morgan fingerprint density at radius 2 is 1.96 bits per heavy atom. The van der Waals surface area contributed by atoms with Crippen LogP contribution in [0.2, 0.25) is 0 Å². The fourth-order valence-corrected chi connectivity index (χ4v) is 3.93. The van der Waals surface area contributed by atoms with Crippen molar-refractivity contribution in [3.05, 3.63) is 29.1 Å². The zero-order valence-corrected chi connectivity index (χ0v) is 14.4. The van der Waals surface area contributed by atoms with Crippen molar-refractivity contribution in [2.75, 3.05) is 12.3 Å². The molecule has 27 heavy (non-hydrogen) atoms. The molecule has 2 heterocycles. The Morgan fingerprint density at radius 3 is 2.59 bits per heavy atom. The number of likely N-dealkylation sites (tertiary alicyclic amines) is 1. The van der Waals surface area contributed by atoms with E-state index in [1.165, 1.54) is 0 Å². The third-order valence-electron chi connectivity index (χ3n) is 5.24. The van der Waals surface area contributed by atoms with Crippen molar-refractivity contribution in [3.63, 3.8) is 0 Å². The molecule has 1 aromatic carbocycles. The monoisotopic (exact) mass is 384 g/mol. The molecule has 3 amide bonds. The first-order chi connectivity index (χ1) is 12.7. The summed E-state index contributed by atoms with van der Waals surface area (Å²) in [5.41, 5.74) is 7.35. The molecule has 2 fully saturated rings. The second-order valence-corrected chi connectivity index (χ2v) is 6.92. The van der Waals surface area contributed by atoms with Crippen LogP contribution >= 0.6 is 0 Å². The number of amides is 3. The van der Waals surface area contributed by atoms with Gasteiger partial charge in [-0.15, -0.1) is 0 Å². The summed E-state index contributed by atoms with van der Waals surface area (Å²) in [6.07, 6.45) is 1.26. The van der Waals surface area contributed by atoms with Crippen LogP contribution in [0.5, 0.6) is 0 Å². The molecule has 2 unspecified atom stereocenters. The van der Waals surface area contributed by atoms with E-state index in [-0.39, 0.29) is 19.4 Å². The van der Waals surface area contributed by atoms with Gasteiger partial charge in [-0.25, -0.2) is 13.2 Å². The number of hydrogen-bond donors (Lipinski definition) is 3. The number of nitrogen functional groups attached to an aromatic ring is 1. The number of piperidine rings is 1. The van der Waals surface area contributed by atoms with Gasteiger partial charge >= 0.3 is 0 Å². The van der Waals surface area contributed by atoms with E-state index in [9.17, 15) is 27.6 Å². The molecular formula is C17H19F3N4O3. The van der Waals surface area contributed by atoms with Crippen LogP contribution in [0.25, 0.3) is 0 Å². The van der Waals surface area contributed by atoms with E-state index in [2.05, 4.69) is 5.32 Å². The summed E-state index contributed by atoms with van der Waals surface area (Å²) in [6, 6.07) is -0.000357. The third kappa shape index (κ3) is 3.08. The number of hydrogen-bond acceptors (Lipinski definition) is 4. The van der Waals surface area contributed by atoms with Gasteiger partial charge in [0.1, 0.15) is 11.1 Å². The minimum absolute atomic E-state index is 0.0422. The van der Waals surface area contributed by atoms with E-state index < -0.39 is 58.0 Å². The van der Waals surface area contributed by atoms with Gasteiger partial charge in [0.15, 0.2) is 17.5 Å². The lowest BCUT2D eigenvalue weighted by molar-refractivity contribution is -0.135. The lowest BCUT2D eigenvalue weighted by Gasteiger charge is -2.42. The maximum absolute atomic E-state index is 14.3. The maximum atomic E-state index is 14.3. The van der Waals surface area contributed by atoms with Crippen molar-refractivity contribution >= 4 is 23.4 Å². The molecule has 7 nitrogen and oxygen atoms in total. The SMILES string of the molecule is NC(=O)CC1CCC2(CCCN2C(=O)c2c(F)c(N)cc(F)c2F)C(=O)N1. The highest BCUT2D eigenvalue weighted by Gasteiger charge is 2.53. The van der Waals surface area contributed by atoms with E-state index >= 15 is 0 Å². The van der Waals surface area contributed by atoms with Crippen LogP contribution in [-0.4, -0.2) is 40.7 Å². The van der Waals surface area contributed by atoms with Crippen LogP contribution in [0.15, 0.2) is 6.07 Å². The largest absolute Gasteiger partial charge is 0.396 e. The summed E-state index contributed by atoms with van der Waals surface area (Å²) in [4.78, 5) is 37.7. The normalized spacial score (nSPS) is 24.9. The molecule has 0 saturated carbocycles. The van der Waals surface area contributed by atoms with Crippen molar-refractivity contribution in [2.45, 2.75) is 43.7 Å². The number of rotatable bonds is 3. The Bertz CT molecular complexity index is 806. The number of benzene rings is 1. The number of carbonyl (C=O) groups is 3. The molecule has 0 bridgehead atoms. The van der Waals surface area contributed by atoms with Crippen molar-refractivity contribution in [1.82, 2.24) is 10.2 Å². The standard InChI is InChI=1S/C17H19F3N4O3/c18-9-7-10(21)14(20)12(13(9)19)15(26)24-5-1-3-17(24)4-2-8(6-11(22)25)23-16(17)27/h7-8H,1-6,21H2,(H2,22,25)(H,23,27). The van der Waals surface area contributed by atoms with Crippen LogP contribution in [-0.2, 0) is 9.59 Å². The van der Waals surface area contributed by atoms with Gasteiger partial charge in [0.05, 0.1) is 5.69 Å². The van der Waals surface area contributed by atoms with E-state index in [1.807, 2.05) is 0 Å². The maximum Gasteiger partial charge on any atom is 0.260 e. The predicted octanol–water partition coefficient (Wildman–Crippen LogP) is 0.815. The molecule has 1 aromatic rings. The molecule has 3 rings (SSSR count). The molecule has 0 aliphatic carbocycles. The molecule has 0 aromatic heterocycles. The van der Waals surface area contributed by atoms with Crippen LogP contribution in [0.1, 0.15) is 42.5 Å². The number of nitrogens with one attached hydrogen (secondary N) is 1. The first-order valence-corrected chi connectivity index (χ1v) is 8.51. The Kier molecular flexibility index (Phi) is 4.75. The highest BCUT2D eigenvalue weighted by Crippen LogP contribution is 2.39. The fraction of sp³-hybridized carbons (Fsp3) is 0.471. The molecule has 5 N–H and O–H groups in total. The smallest absolute Gasteiger partial charge is 0.260 e. The number of primary amides is 1. The number of nitrogens with zero attached hydrogens (tertiary/aromatic N) is 1. The van der Waals surface area contributed by atoms with E-state index in [0.29, 0.717) is 25.3 Å². The Labute approximate surface area is 152 Å². The molecule has 2 aliphatic heterocycles. The number of nitrogens with two attached hydrogens (primary N) is 2. The average molecular weight is 384 g/mol. The highest BCUT2D eigenvalue weighted by atomic mass is 19.2. The minimum Gasteiger partial charge on any atom is -0.396 e. The average Bonchev–Trinajstić information content (AvgIpc) is 3.01. The molecule has 2 aliphatic rings. The lowest BCUT2D eigenvalue weighted by Crippen LogP contribution is -2.63. The van der Waals surface area contributed by atoms with Crippen LogP contribution in [0.4, 0.5) is 18.9 Å². The van der Waals surface area contributed by atoms with Gasteiger partial charge in [-0.2, -0.15) is 0 Å². The Hall–Kier alpha value is -2.78. The molecule has 2 atom stereocenters. The zero-order valence-electron chi connectivity index (χ0n) is 14.4. The van der Waals surface area contributed by atoms with Gasteiger partial charge in [0, 0.05) is 25.1 Å². The van der Waals surface area contributed by atoms with Crippen LogP contribution < -0.4 is 16.8 Å².